The van der Waals surface area contributed by atoms with Crippen molar-refractivity contribution in [3.63, 3.8) is 0 Å². The van der Waals surface area contributed by atoms with Gasteiger partial charge in [0.1, 0.15) is 0 Å². The monoisotopic (exact) mass is 304 g/mol. The molecule has 2 rings (SSSR count). The molecule has 0 aliphatic heterocycles. The fourth-order valence-corrected chi connectivity index (χ4v) is 2.73. The normalized spacial score (nSPS) is 19.1. The zero-order valence-corrected chi connectivity index (χ0v) is 12.3. The number of hydrogen-bond donors (Lipinski definition) is 0. The fourth-order valence-electron chi connectivity index (χ4n) is 2.31. The zero-order chi connectivity index (χ0) is 13.2. The minimum absolute atomic E-state index is 0.0828. The molecule has 0 aromatic heterocycles. The van der Waals surface area contributed by atoms with E-state index >= 15 is 0 Å². The molecule has 0 fully saturated rings. The lowest BCUT2D eigenvalue weighted by molar-refractivity contribution is -0.116. The van der Waals surface area contributed by atoms with E-state index in [0.29, 0.717) is 6.42 Å². The number of carbonyl (C=O) groups is 1. The largest absolute Gasteiger partial charge is 0.295 e. The minimum atomic E-state index is 0.0828. The molecule has 0 saturated heterocycles. The van der Waals surface area contributed by atoms with Crippen molar-refractivity contribution in [2.45, 2.75) is 26.7 Å². The Morgan fingerprint density at radius 2 is 1.89 bits per heavy atom. The summed E-state index contributed by atoms with van der Waals surface area (Å²) in [5.74, 6) is 0.234. The van der Waals surface area contributed by atoms with E-state index < -0.39 is 0 Å². The first kappa shape index (κ1) is 13.3. The van der Waals surface area contributed by atoms with Crippen LogP contribution in [0.5, 0.6) is 0 Å². The quantitative estimate of drug-likeness (QED) is 0.768. The van der Waals surface area contributed by atoms with Crippen molar-refractivity contribution in [3.05, 3.63) is 52.0 Å². The Labute approximate surface area is 117 Å². The number of allylic oxidation sites excluding steroid dienone is 3. The lowest BCUT2D eigenvalue weighted by Gasteiger charge is -2.27. The first-order chi connectivity index (χ1) is 8.46. The van der Waals surface area contributed by atoms with Crippen molar-refractivity contribution >= 4 is 27.8 Å². The average Bonchev–Trinajstić information content (AvgIpc) is 2.25. The van der Waals surface area contributed by atoms with E-state index in [1.807, 2.05) is 18.2 Å². The van der Waals surface area contributed by atoms with Gasteiger partial charge in [0.2, 0.25) is 0 Å². The highest BCUT2D eigenvalue weighted by molar-refractivity contribution is 9.10. The van der Waals surface area contributed by atoms with Crippen LogP contribution in [-0.4, -0.2) is 5.78 Å². The van der Waals surface area contributed by atoms with Gasteiger partial charge >= 0.3 is 0 Å². The zero-order valence-electron chi connectivity index (χ0n) is 10.7. The number of halogens is 1. The average molecular weight is 305 g/mol. The van der Waals surface area contributed by atoms with Crippen molar-refractivity contribution in [1.29, 1.82) is 0 Å². The molecule has 1 nitrogen and oxygen atoms in total. The van der Waals surface area contributed by atoms with Crippen LogP contribution in [0.3, 0.4) is 0 Å². The van der Waals surface area contributed by atoms with Gasteiger partial charge in [-0.05, 0) is 35.1 Å². The van der Waals surface area contributed by atoms with Crippen LogP contribution in [0.15, 0.2) is 46.5 Å². The minimum Gasteiger partial charge on any atom is -0.295 e. The molecule has 0 unspecified atom stereocenters. The lowest BCUT2D eigenvalue weighted by atomic mass is 9.77. The van der Waals surface area contributed by atoms with Crippen LogP contribution in [0.1, 0.15) is 32.3 Å². The first-order valence-electron chi connectivity index (χ1n) is 6.12. The van der Waals surface area contributed by atoms with E-state index in [4.69, 9.17) is 0 Å². The Kier molecular flexibility index (Phi) is 3.86. The molecule has 0 spiro atoms. The second-order valence-electron chi connectivity index (χ2n) is 5.56. The first-order valence-corrected chi connectivity index (χ1v) is 6.92. The molecule has 0 bridgehead atoms. The summed E-state index contributed by atoms with van der Waals surface area (Å²) >= 11 is 3.52. The summed E-state index contributed by atoms with van der Waals surface area (Å²) in [7, 11) is 0. The Morgan fingerprint density at radius 1 is 1.17 bits per heavy atom. The van der Waals surface area contributed by atoms with Crippen molar-refractivity contribution in [2.24, 2.45) is 5.41 Å². The summed E-state index contributed by atoms with van der Waals surface area (Å²) in [5, 5.41) is 0. The number of hydrogen-bond acceptors (Lipinski definition) is 1. The number of benzene rings is 1. The maximum atomic E-state index is 11.6. The Morgan fingerprint density at radius 3 is 2.56 bits per heavy atom. The van der Waals surface area contributed by atoms with Gasteiger partial charge < -0.3 is 0 Å². The third-order valence-corrected chi connectivity index (χ3v) is 3.79. The summed E-state index contributed by atoms with van der Waals surface area (Å²) in [6.07, 6.45) is 7.50. The molecule has 1 aromatic rings. The number of carbonyl (C=O) groups excluding carboxylic acids is 1. The lowest BCUT2D eigenvalue weighted by Crippen LogP contribution is -2.21. The molecule has 2 heteroatoms. The molecule has 94 valence electrons. The van der Waals surface area contributed by atoms with E-state index in [9.17, 15) is 4.79 Å². The molecule has 0 saturated carbocycles. The molecule has 0 N–H and O–H groups in total. The van der Waals surface area contributed by atoms with Gasteiger partial charge in [-0.2, -0.15) is 0 Å². The molecule has 1 aliphatic rings. The molecule has 1 aromatic carbocycles. The third kappa shape index (κ3) is 3.42. The van der Waals surface area contributed by atoms with Crippen LogP contribution in [0.4, 0.5) is 0 Å². The maximum absolute atomic E-state index is 11.6. The molecule has 1 aliphatic carbocycles. The predicted octanol–water partition coefficient (Wildman–Crippen LogP) is 4.78. The SMILES string of the molecule is CC1(C)CC(=O)C=C(C=Cc2ccccc2Br)C1. The van der Waals surface area contributed by atoms with Crippen molar-refractivity contribution in [1.82, 2.24) is 0 Å². The summed E-state index contributed by atoms with van der Waals surface area (Å²) in [6, 6.07) is 8.07. The number of rotatable bonds is 2. The maximum Gasteiger partial charge on any atom is 0.156 e. The van der Waals surface area contributed by atoms with E-state index in [2.05, 4.69) is 48.0 Å². The van der Waals surface area contributed by atoms with Crippen LogP contribution in [0.25, 0.3) is 6.08 Å². The van der Waals surface area contributed by atoms with Crippen molar-refractivity contribution in [2.75, 3.05) is 0 Å². The molecule has 18 heavy (non-hydrogen) atoms. The van der Waals surface area contributed by atoms with Gasteiger partial charge in [0.15, 0.2) is 5.78 Å². The Bertz CT molecular complexity index is 524. The van der Waals surface area contributed by atoms with Gasteiger partial charge in [0, 0.05) is 10.9 Å². The van der Waals surface area contributed by atoms with Gasteiger partial charge in [0.25, 0.3) is 0 Å². The second kappa shape index (κ2) is 5.23. The van der Waals surface area contributed by atoms with Crippen LogP contribution >= 0.6 is 15.9 Å². The van der Waals surface area contributed by atoms with Crippen molar-refractivity contribution < 1.29 is 4.79 Å². The van der Waals surface area contributed by atoms with Gasteiger partial charge in [0.05, 0.1) is 0 Å². The second-order valence-corrected chi connectivity index (χ2v) is 6.41. The standard InChI is InChI=1S/C16H17BrO/c1-16(2)10-12(9-14(18)11-16)7-8-13-5-3-4-6-15(13)17/h3-9H,10-11H2,1-2H3. The molecule has 0 amide bonds. The van der Waals surface area contributed by atoms with Gasteiger partial charge in [-0.15, -0.1) is 0 Å². The van der Waals surface area contributed by atoms with E-state index in [0.717, 1.165) is 22.0 Å². The Balaban J connectivity index is 2.20. The van der Waals surface area contributed by atoms with Crippen LogP contribution < -0.4 is 0 Å². The highest BCUT2D eigenvalue weighted by Gasteiger charge is 2.26. The van der Waals surface area contributed by atoms with Crippen LogP contribution in [0.2, 0.25) is 0 Å². The van der Waals surface area contributed by atoms with E-state index in [1.165, 1.54) is 0 Å². The highest BCUT2D eigenvalue weighted by atomic mass is 79.9. The highest BCUT2D eigenvalue weighted by Crippen LogP contribution is 2.34. The fraction of sp³-hybridized carbons (Fsp3) is 0.312. The molecule has 0 radical (unpaired) electrons. The van der Waals surface area contributed by atoms with Crippen LogP contribution in [0, 0.1) is 5.41 Å². The summed E-state index contributed by atoms with van der Waals surface area (Å²) in [4.78, 5) is 11.6. The van der Waals surface area contributed by atoms with Gasteiger partial charge in [-0.1, -0.05) is 60.1 Å². The van der Waals surface area contributed by atoms with Crippen LogP contribution in [-0.2, 0) is 4.79 Å². The predicted molar refractivity (Wildman–Crippen MR) is 79.3 cm³/mol. The third-order valence-electron chi connectivity index (χ3n) is 3.06. The number of ketones is 1. The molecule has 0 atom stereocenters. The van der Waals surface area contributed by atoms with Gasteiger partial charge in [-0.3, -0.25) is 4.79 Å². The summed E-state index contributed by atoms with van der Waals surface area (Å²) in [5.41, 5.74) is 2.33. The molecule has 0 heterocycles. The topological polar surface area (TPSA) is 17.1 Å². The summed E-state index contributed by atoms with van der Waals surface area (Å²) in [6.45, 7) is 4.29. The molecular formula is C16H17BrO. The van der Waals surface area contributed by atoms with Crippen molar-refractivity contribution in [3.8, 4) is 0 Å². The Hall–Kier alpha value is -1.15. The summed E-state index contributed by atoms with van der Waals surface area (Å²) < 4.78 is 1.07. The van der Waals surface area contributed by atoms with Gasteiger partial charge in [-0.25, -0.2) is 0 Å². The smallest absolute Gasteiger partial charge is 0.156 e. The van der Waals surface area contributed by atoms with E-state index in [1.54, 1.807) is 6.08 Å². The van der Waals surface area contributed by atoms with E-state index in [-0.39, 0.29) is 11.2 Å². The molecular weight excluding hydrogens is 288 g/mol.